The fraction of sp³-hybridized carbons (Fsp3) is 0.611. The first-order valence-electron chi connectivity index (χ1n) is 8.99. The Morgan fingerprint density at radius 1 is 1.52 bits per heavy atom. The molecule has 25 heavy (non-hydrogen) atoms. The lowest BCUT2D eigenvalue weighted by Gasteiger charge is -2.35. The van der Waals surface area contributed by atoms with Gasteiger partial charge in [-0.2, -0.15) is 4.98 Å². The normalized spacial score (nSPS) is 18.6. The van der Waals surface area contributed by atoms with E-state index in [9.17, 15) is 4.79 Å². The lowest BCUT2D eigenvalue weighted by molar-refractivity contribution is -0.121. The molecule has 0 aliphatic carbocycles. The minimum absolute atomic E-state index is 0.0533. The molecule has 0 radical (unpaired) electrons. The molecule has 1 amide bonds. The van der Waals surface area contributed by atoms with Gasteiger partial charge in [0.2, 0.25) is 17.6 Å². The Morgan fingerprint density at radius 2 is 2.40 bits per heavy atom. The first-order valence-corrected chi connectivity index (χ1v) is 9.87. The van der Waals surface area contributed by atoms with Crippen LogP contribution >= 0.6 is 11.3 Å². The molecular weight excluding hydrogens is 336 g/mol. The van der Waals surface area contributed by atoms with Gasteiger partial charge in [0.05, 0.1) is 4.88 Å². The highest BCUT2D eigenvalue weighted by molar-refractivity contribution is 7.13. The third-order valence-corrected chi connectivity index (χ3v) is 5.51. The molecule has 136 valence electrons. The third kappa shape index (κ3) is 5.12. The highest BCUT2D eigenvalue weighted by Gasteiger charge is 2.22. The van der Waals surface area contributed by atoms with Crippen molar-refractivity contribution in [3.8, 4) is 10.7 Å². The predicted molar refractivity (Wildman–Crippen MR) is 98.4 cm³/mol. The van der Waals surface area contributed by atoms with E-state index in [1.54, 1.807) is 11.3 Å². The fourth-order valence-electron chi connectivity index (χ4n) is 3.16. The van der Waals surface area contributed by atoms with Crippen LogP contribution in [0, 0.1) is 5.92 Å². The summed E-state index contributed by atoms with van der Waals surface area (Å²) in [6.45, 7) is 7.47. The lowest BCUT2D eigenvalue weighted by atomic mass is 9.97. The van der Waals surface area contributed by atoms with Gasteiger partial charge in [0.15, 0.2) is 0 Å². The van der Waals surface area contributed by atoms with Crippen LogP contribution in [0.4, 0.5) is 0 Å². The Morgan fingerprint density at radius 3 is 3.16 bits per heavy atom. The van der Waals surface area contributed by atoms with Gasteiger partial charge in [0, 0.05) is 32.0 Å². The molecule has 3 rings (SSSR count). The molecule has 1 fully saturated rings. The van der Waals surface area contributed by atoms with Crippen molar-refractivity contribution in [1.82, 2.24) is 20.4 Å². The first kappa shape index (κ1) is 18.1. The van der Waals surface area contributed by atoms with E-state index in [1.807, 2.05) is 17.5 Å². The van der Waals surface area contributed by atoms with Crippen molar-refractivity contribution in [3.63, 3.8) is 0 Å². The van der Waals surface area contributed by atoms with Gasteiger partial charge in [0.1, 0.15) is 0 Å². The molecule has 1 N–H and O–H groups in total. The van der Waals surface area contributed by atoms with Crippen molar-refractivity contribution in [2.45, 2.75) is 45.6 Å². The Hall–Kier alpha value is -1.73. The number of carbonyl (C=O) groups excluding carboxylic acids is 1. The third-order valence-electron chi connectivity index (χ3n) is 4.64. The van der Waals surface area contributed by atoms with Crippen LogP contribution in [-0.4, -0.2) is 46.6 Å². The van der Waals surface area contributed by atoms with E-state index in [-0.39, 0.29) is 5.91 Å². The molecule has 2 aromatic heterocycles. The second-order valence-corrected chi connectivity index (χ2v) is 7.84. The number of likely N-dealkylation sites (tertiary alicyclic amines) is 1. The zero-order valence-electron chi connectivity index (χ0n) is 14.9. The Labute approximate surface area is 152 Å². The number of carbonyl (C=O) groups is 1. The molecule has 0 unspecified atom stereocenters. The quantitative estimate of drug-likeness (QED) is 0.820. The van der Waals surface area contributed by atoms with Crippen molar-refractivity contribution in [3.05, 3.63) is 23.4 Å². The van der Waals surface area contributed by atoms with Crippen LogP contribution in [0.5, 0.6) is 0 Å². The highest BCUT2D eigenvalue weighted by Crippen LogP contribution is 2.21. The largest absolute Gasteiger partial charge is 0.356 e. The summed E-state index contributed by atoms with van der Waals surface area (Å²) in [7, 11) is 0. The first-order chi connectivity index (χ1) is 12.1. The summed E-state index contributed by atoms with van der Waals surface area (Å²) in [6, 6.07) is 4.49. The van der Waals surface area contributed by atoms with Crippen molar-refractivity contribution >= 4 is 17.2 Å². The van der Waals surface area contributed by atoms with Crippen LogP contribution in [0.25, 0.3) is 10.7 Å². The molecule has 1 aliphatic heterocycles. The monoisotopic (exact) mass is 362 g/mol. The number of hydrogen-bond donors (Lipinski definition) is 1. The van der Waals surface area contributed by atoms with E-state index in [4.69, 9.17) is 4.52 Å². The highest BCUT2D eigenvalue weighted by atomic mass is 32.1. The summed E-state index contributed by atoms with van der Waals surface area (Å²) < 4.78 is 5.23. The number of thiophene rings is 1. The summed E-state index contributed by atoms with van der Waals surface area (Å²) in [5, 5.41) is 9.01. The number of amides is 1. The Balaban J connectivity index is 1.40. The standard InChI is InChI=1S/C18H26N4O2S/c1-13(2)22-9-3-5-14(12-22)11-19-16(23)7-8-17-20-18(21-24-17)15-6-4-10-25-15/h4,6,10,13-14H,3,5,7-9,11-12H2,1-2H3,(H,19,23)/t14-/m1/s1. The van der Waals surface area contributed by atoms with Crippen LogP contribution in [-0.2, 0) is 11.2 Å². The van der Waals surface area contributed by atoms with E-state index < -0.39 is 0 Å². The van der Waals surface area contributed by atoms with Gasteiger partial charge < -0.3 is 14.7 Å². The van der Waals surface area contributed by atoms with Gasteiger partial charge in [-0.25, -0.2) is 0 Å². The van der Waals surface area contributed by atoms with Gasteiger partial charge >= 0.3 is 0 Å². The van der Waals surface area contributed by atoms with Crippen LogP contribution < -0.4 is 5.32 Å². The molecule has 1 atom stereocenters. The molecule has 0 bridgehead atoms. The molecule has 0 aromatic carbocycles. The van der Waals surface area contributed by atoms with Crippen LogP contribution in [0.3, 0.4) is 0 Å². The van der Waals surface area contributed by atoms with Crippen LogP contribution in [0.15, 0.2) is 22.0 Å². The minimum Gasteiger partial charge on any atom is -0.356 e. The second-order valence-electron chi connectivity index (χ2n) is 6.89. The molecular formula is C18H26N4O2S. The van der Waals surface area contributed by atoms with Crippen molar-refractivity contribution in [1.29, 1.82) is 0 Å². The Bertz CT molecular complexity index is 668. The summed E-state index contributed by atoms with van der Waals surface area (Å²) in [4.78, 5) is 19.9. The molecule has 2 aromatic rings. The number of piperidine rings is 1. The van der Waals surface area contributed by atoms with Gasteiger partial charge in [-0.3, -0.25) is 4.79 Å². The van der Waals surface area contributed by atoms with Crippen molar-refractivity contribution < 1.29 is 9.32 Å². The maximum Gasteiger partial charge on any atom is 0.227 e. The second kappa shape index (κ2) is 8.58. The van der Waals surface area contributed by atoms with Gasteiger partial charge in [-0.15, -0.1) is 11.3 Å². The molecule has 7 heteroatoms. The zero-order valence-corrected chi connectivity index (χ0v) is 15.7. The van der Waals surface area contributed by atoms with Crippen LogP contribution in [0.1, 0.15) is 39.0 Å². The molecule has 0 saturated carbocycles. The smallest absolute Gasteiger partial charge is 0.227 e. The van der Waals surface area contributed by atoms with Gasteiger partial charge in [-0.05, 0) is 50.6 Å². The van der Waals surface area contributed by atoms with Gasteiger partial charge in [-0.1, -0.05) is 11.2 Å². The average molecular weight is 362 g/mol. The van der Waals surface area contributed by atoms with Crippen molar-refractivity contribution in [2.75, 3.05) is 19.6 Å². The van der Waals surface area contributed by atoms with E-state index in [2.05, 4.69) is 34.2 Å². The predicted octanol–water partition coefficient (Wildman–Crippen LogP) is 2.97. The molecule has 3 heterocycles. The van der Waals surface area contributed by atoms with E-state index in [0.717, 1.165) is 18.0 Å². The molecule has 1 aliphatic rings. The number of hydrogen-bond acceptors (Lipinski definition) is 6. The summed E-state index contributed by atoms with van der Waals surface area (Å²) in [5.74, 6) is 1.72. The lowest BCUT2D eigenvalue weighted by Crippen LogP contribution is -2.43. The summed E-state index contributed by atoms with van der Waals surface area (Å²) in [6.07, 6.45) is 3.27. The summed E-state index contributed by atoms with van der Waals surface area (Å²) in [5.41, 5.74) is 0. The zero-order chi connectivity index (χ0) is 17.6. The number of aromatic nitrogens is 2. The topological polar surface area (TPSA) is 71.3 Å². The SMILES string of the molecule is CC(C)N1CCC[C@H](CNC(=O)CCc2nc(-c3cccs3)no2)C1. The van der Waals surface area contributed by atoms with Gasteiger partial charge in [0.25, 0.3) is 0 Å². The van der Waals surface area contributed by atoms with E-state index in [1.165, 1.54) is 19.4 Å². The maximum atomic E-state index is 12.1. The molecule has 1 saturated heterocycles. The van der Waals surface area contributed by atoms with Crippen LogP contribution in [0.2, 0.25) is 0 Å². The van der Waals surface area contributed by atoms with E-state index >= 15 is 0 Å². The number of nitrogens with zero attached hydrogens (tertiary/aromatic N) is 3. The maximum absolute atomic E-state index is 12.1. The number of rotatable bonds is 7. The molecule has 0 spiro atoms. The van der Waals surface area contributed by atoms with E-state index in [0.29, 0.717) is 36.5 Å². The minimum atomic E-state index is 0.0533. The number of aryl methyl sites for hydroxylation is 1. The van der Waals surface area contributed by atoms with Crippen molar-refractivity contribution in [2.24, 2.45) is 5.92 Å². The molecule has 6 nitrogen and oxygen atoms in total. The summed E-state index contributed by atoms with van der Waals surface area (Å²) >= 11 is 1.57. The Kier molecular flexibility index (Phi) is 6.20. The fourth-order valence-corrected chi connectivity index (χ4v) is 3.81. The number of nitrogens with one attached hydrogen (secondary N) is 1. The average Bonchev–Trinajstić information content (AvgIpc) is 3.29.